The number of nitrogens with two attached hydrogens (primary N) is 1. The maximum absolute atomic E-state index is 12.7. The van der Waals surface area contributed by atoms with E-state index in [0.717, 1.165) is 0 Å². The van der Waals surface area contributed by atoms with Crippen LogP contribution in [0.15, 0.2) is 23.1 Å². The van der Waals surface area contributed by atoms with E-state index in [0.29, 0.717) is 30.9 Å². The number of methoxy groups -OCH3 is 2. The van der Waals surface area contributed by atoms with Crippen LogP contribution in [0.2, 0.25) is 0 Å². The Morgan fingerprint density at radius 2 is 1.95 bits per heavy atom. The first-order valence-corrected chi connectivity index (χ1v) is 8.35. The van der Waals surface area contributed by atoms with Gasteiger partial charge in [-0.25, -0.2) is 8.42 Å². The van der Waals surface area contributed by atoms with Crippen molar-refractivity contribution < 1.29 is 22.7 Å². The first-order valence-electron chi connectivity index (χ1n) is 6.91. The van der Waals surface area contributed by atoms with Crippen LogP contribution < -0.4 is 15.2 Å². The predicted molar refractivity (Wildman–Crippen MR) is 80.2 cm³/mol. The third-order valence-electron chi connectivity index (χ3n) is 3.78. The van der Waals surface area contributed by atoms with Gasteiger partial charge in [0.05, 0.1) is 25.0 Å². The quantitative estimate of drug-likeness (QED) is 0.853. The van der Waals surface area contributed by atoms with Gasteiger partial charge in [0.2, 0.25) is 15.9 Å². The molecular weight excluding hydrogens is 308 g/mol. The zero-order chi connectivity index (χ0) is 16.3. The van der Waals surface area contributed by atoms with Gasteiger partial charge in [-0.1, -0.05) is 0 Å². The molecule has 8 heteroatoms. The summed E-state index contributed by atoms with van der Waals surface area (Å²) in [6.07, 6.45) is 1.23. The molecule has 1 amide bonds. The summed E-state index contributed by atoms with van der Waals surface area (Å²) < 4.78 is 36.9. The molecule has 0 aliphatic carbocycles. The second-order valence-corrected chi connectivity index (χ2v) is 7.06. The van der Waals surface area contributed by atoms with Crippen molar-refractivity contribution in [3.8, 4) is 11.5 Å². The van der Waals surface area contributed by atoms with Gasteiger partial charge in [0.1, 0.15) is 0 Å². The van der Waals surface area contributed by atoms with Crippen molar-refractivity contribution in [2.24, 2.45) is 11.7 Å². The third kappa shape index (κ3) is 3.17. The van der Waals surface area contributed by atoms with Crippen molar-refractivity contribution in [3.05, 3.63) is 18.2 Å². The highest BCUT2D eigenvalue weighted by Gasteiger charge is 2.32. The van der Waals surface area contributed by atoms with Gasteiger partial charge in [-0.3, -0.25) is 4.79 Å². The minimum atomic E-state index is -3.70. The Morgan fingerprint density at radius 1 is 1.27 bits per heavy atom. The summed E-state index contributed by atoms with van der Waals surface area (Å²) in [6.45, 7) is 0.493. The number of rotatable bonds is 5. The van der Waals surface area contributed by atoms with Crippen LogP contribution in [-0.4, -0.2) is 45.9 Å². The Kier molecular flexibility index (Phi) is 4.92. The zero-order valence-corrected chi connectivity index (χ0v) is 13.4. The number of primary amides is 1. The van der Waals surface area contributed by atoms with Crippen LogP contribution in [-0.2, 0) is 14.8 Å². The van der Waals surface area contributed by atoms with E-state index in [1.807, 2.05) is 0 Å². The molecule has 22 heavy (non-hydrogen) atoms. The molecule has 1 fully saturated rings. The molecule has 1 atom stereocenters. The van der Waals surface area contributed by atoms with Crippen LogP contribution in [0.5, 0.6) is 11.5 Å². The molecule has 1 aliphatic heterocycles. The standard InChI is InChI=1S/C14H20N2O5S/c1-20-12-6-5-11(8-13(12)21-2)22(18,19)16-7-3-4-10(9-16)14(15)17/h5-6,8,10H,3-4,7,9H2,1-2H3,(H2,15,17). The number of ether oxygens (including phenoxy) is 2. The van der Waals surface area contributed by atoms with E-state index in [1.54, 1.807) is 6.07 Å². The molecule has 0 bridgehead atoms. The van der Waals surface area contributed by atoms with Crippen molar-refractivity contribution >= 4 is 15.9 Å². The van der Waals surface area contributed by atoms with Crippen LogP contribution in [0.4, 0.5) is 0 Å². The Balaban J connectivity index is 2.32. The van der Waals surface area contributed by atoms with Crippen molar-refractivity contribution in [2.75, 3.05) is 27.3 Å². The largest absolute Gasteiger partial charge is 0.493 e. The van der Waals surface area contributed by atoms with Crippen molar-refractivity contribution in [2.45, 2.75) is 17.7 Å². The fourth-order valence-corrected chi connectivity index (χ4v) is 4.06. The number of benzene rings is 1. The van der Waals surface area contributed by atoms with E-state index in [9.17, 15) is 13.2 Å². The first-order chi connectivity index (χ1) is 10.4. The highest BCUT2D eigenvalue weighted by Crippen LogP contribution is 2.31. The highest BCUT2D eigenvalue weighted by atomic mass is 32.2. The molecule has 0 aromatic heterocycles. The molecule has 2 rings (SSSR count). The summed E-state index contributed by atoms with van der Waals surface area (Å²) in [7, 11) is -0.773. The number of carbonyl (C=O) groups is 1. The van der Waals surface area contributed by atoms with Crippen LogP contribution in [0.25, 0.3) is 0 Å². The van der Waals surface area contributed by atoms with E-state index in [2.05, 4.69) is 0 Å². The Labute approximate surface area is 130 Å². The topological polar surface area (TPSA) is 98.9 Å². The average Bonchev–Trinajstić information content (AvgIpc) is 2.54. The van der Waals surface area contributed by atoms with Gasteiger partial charge in [-0.05, 0) is 25.0 Å². The SMILES string of the molecule is COc1ccc(S(=O)(=O)N2CCCC(C(N)=O)C2)cc1OC. The molecule has 1 saturated heterocycles. The van der Waals surface area contributed by atoms with Gasteiger partial charge < -0.3 is 15.2 Å². The molecule has 1 aromatic rings. The predicted octanol–water partition coefficient (Wildman–Crippen LogP) is 0.590. The Hall–Kier alpha value is -1.80. The van der Waals surface area contributed by atoms with Crippen LogP contribution in [0.3, 0.4) is 0 Å². The fraction of sp³-hybridized carbons (Fsp3) is 0.500. The Morgan fingerprint density at radius 3 is 2.55 bits per heavy atom. The lowest BCUT2D eigenvalue weighted by Gasteiger charge is -2.30. The fourth-order valence-electron chi connectivity index (χ4n) is 2.52. The maximum Gasteiger partial charge on any atom is 0.243 e. The lowest BCUT2D eigenvalue weighted by molar-refractivity contribution is -0.122. The van der Waals surface area contributed by atoms with Gasteiger partial charge in [-0.2, -0.15) is 4.31 Å². The molecule has 2 N–H and O–H groups in total. The molecule has 0 spiro atoms. The van der Waals surface area contributed by atoms with Crippen molar-refractivity contribution in [3.63, 3.8) is 0 Å². The van der Waals surface area contributed by atoms with E-state index >= 15 is 0 Å². The molecule has 1 unspecified atom stereocenters. The highest BCUT2D eigenvalue weighted by molar-refractivity contribution is 7.89. The van der Waals surface area contributed by atoms with Crippen LogP contribution in [0.1, 0.15) is 12.8 Å². The number of carbonyl (C=O) groups excluding carboxylic acids is 1. The molecule has 7 nitrogen and oxygen atoms in total. The molecule has 1 aliphatic rings. The normalized spacial score (nSPS) is 19.6. The van der Waals surface area contributed by atoms with Crippen molar-refractivity contribution in [1.82, 2.24) is 4.31 Å². The number of piperidine rings is 1. The summed E-state index contributed by atoms with van der Waals surface area (Å²) in [4.78, 5) is 11.4. The molecule has 0 radical (unpaired) electrons. The summed E-state index contributed by atoms with van der Waals surface area (Å²) in [5.74, 6) is -0.113. The average molecular weight is 328 g/mol. The van der Waals surface area contributed by atoms with E-state index in [4.69, 9.17) is 15.2 Å². The molecular formula is C14H20N2O5S. The van der Waals surface area contributed by atoms with Gasteiger partial charge >= 0.3 is 0 Å². The van der Waals surface area contributed by atoms with Crippen molar-refractivity contribution in [1.29, 1.82) is 0 Å². The second-order valence-electron chi connectivity index (χ2n) is 5.12. The monoisotopic (exact) mass is 328 g/mol. The first kappa shape index (κ1) is 16.6. The number of amides is 1. The number of hydrogen-bond donors (Lipinski definition) is 1. The molecule has 0 saturated carbocycles. The minimum Gasteiger partial charge on any atom is -0.493 e. The van der Waals surface area contributed by atoms with E-state index in [1.165, 1.54) is 30.7 Å². The van der Waals surface area contributed by atoms with Gasteiger partial charge in [0.25, 0.3) is 0 Å². The van der Waals surface area contributed by atoms with Crippen LogP contribution >= 0.6 is 0 Å². The molecule has 1 heterocycles. The van der Waals surface area contributed by atoms with Gasteiger partial charge in [-0.15, -0.1) is 0 Å². The Bertz CT molecular complexity index is 659. The smallest absolute Gasteiger partial charge is 0.243 e. The van der Waals surface area contributed by atoms with Gasteiger partial charge in [0.15, 0.2) is 11.5 Å². The second kappa shape index (κ2) is 6.53. The van der Waals surface area contributed by atoms with Crippen LogP contribution in [0, 0.1) is 5.92 Å². The molecule has 1 aromatic carbocycles. The van der Waals surface area contributed by atoms with Gasteiger partial charge in [0, 0.05) is 19.2 Å². The lowest BCUT2D eigenvalue weighted by Crippen LogP contribution is -2.44. The number of sulfonamides is 1. The lowest BCUT2D eigenvalue weighted by atomic mass is 9.99. The van der Waals surface area contributed by atoms with E-state index in [-0.39, 0.29) is 11.4 Å². The van der Waals surface area contributed by atoms with E-state index < -0.39 is 21.8 Å². The zero-order valence-electron chi connectivity index (χ0n) is 12.6. The molecule has 122 valence electrons. The summed E-state index contributed by atoms with van der Waals surface area (Å²) >= 11 is 0. The summed E-state index contributed by atoms with van der Waals surface area (Å²) in [5.41, 5.74) is 5.30. The number of hydrogen-bond acceptors (Lipinski definition) is 5. The summed E-state index contributed by atoms with van der Waals surface area (Å²) in [5, 5.41) is 0. The summed E-state index contributed by atoms with van der Waals surface area (Å²) in [6, 6.07) is 4.42. The maximum atomic E-state index is 12.7. The number of nitrogens with zero attached hydrogens (tertiary/aromatic N) is 1. The third-order valence-corrected chi connectivity index (χ3v) is 5.64. The minimum absolute atomic E-state index is 0.107.